The maximum atomic E-state index is 11.8. The van der Waals surface area contributed by atoms with E-state index in [-0.39, 0.29) is 17.7 Å². The molecule has 0 radical (unpaired) electrons. The van der Waals surface area contributed by atoms with Crippen molar-refractivity contribution < 1.29 is 9.90 Å². The third kappa shape index (κ3) is 4.21. The summed E-state index contributed by atoms with van der Waals surface area (Å²) in [7, 11) is 3.49. The Morgan fingerprint density at radius 2 is 2.05 bits per heavy atom. The van der Waals surface area contributed by atoms with Gasteiger partial charge < -0.3 is 10.0 Å². The number of phenols is 1. The molecular weight excluding hydrogens is 308 g/mol. The summed E-state index contributed by atoms with van der Waals surface area (Å²) in [5, 5.41) is 9.95. The number of nitrogens with zero attached hydrogens (tertiary/aromatic N) is 2. The highest BCUT2D eigenvalue weighted by Gasteiger charge is 2.20. The Balaban J connectivity index is 2.92. The third-order valence-corrected chi connectivity index (χ3v) is 3.72. The maximum absolute atomic E-state index is 11.8. The van der Waals surface area contributed by atoms with Gasteiger partial charge in [0.1, 0.15) is 5.75 Å². The summed E-state index contributed by atoms with van der Waals surface area (Å²) in [6, 6.07) is 5.33. The number of carbonyl (C=O) groups excluding carboxylic acids is 1. The topological polar surface area (TPSA) is 43.8 Å². The van der Waals surface area contributed by atoms with Gasteiger partial charge in [-0.3, -0.25) is 9.69 Å². The number of phenolic OH excluding ortho intramolecular Hbond substituents is 1. The second-order valence-corrected chi connectivity index (χ2v) is 5.65. The Morgan fingerprint density at radius 1 is 1.42 bits per heavy atom. The molecule has 1 N–H and O–H groups in total. The van der Waals surface area contributed by atoms with E-state index in [1.807, 2.05) is 24.8 Å². The third-order valence-electron chi connectivity index (χ3n) is 3.23. The summed E-state index contributed by atoms with van der Waals surface area (Å²) in [6.07, 6.45) is 0. The van der Waals surface area contributed by atoms with Gasteiger partial charge in [-0.05, 0) is 31.7 Å². The highest BCUT2D eigenvalue weighted by molar-refractivity contribution is 9.10. The molecule has 1 aromatic rings. The number of amides is 1. The number of hydrogen-bond acceptors (Lipinski definition) is 3. The molecule has 0 saturated heterocycles. The summed E-state index contributed by atoms with van der Waals surface area (Å²) in [4.78, 5) is 15.4. The summed E-state index contributed by atoms with van der Waals surface area (Å²) in [5.41, 5.74) is 0.822. The zero-order chi connectivity index (χ0) is 14.6. The average Bonchev–Trinajstić information content (AvgIpc) is 2.37. The van der Waals surface area contributed by atoms with E-state index in [2.05, 4.69) is 15.9 Å². The fourth-order valence-electron chi connectivity index (χ4n) is 1.89. The largest absolute Gasteiger partial charge is 0.508 e. The average molecular weight is 329 g/mol. The molecule has 0 aliphatic heterocycles. The number of aromatic hydroxyl groups is 1. The molecule has 1 amide bonds. The molecule has 0 aromatic heterocycles. The maximum Gasteiger partial charge on any atom is 0.236 e. The molecule has 0 saturated carbocycles. The number of carbonyl (C=O) groups is 1. The highest BCUT2D eigenvalue weighted by atomic mass is 79.9. The molecule has 0 bridgehead atoms. The van der Waals surface area contributed by atoms with Crippen LogP contribution >= 0.6 is 15.9 Å². The van der Waals surface area contributed by atoms with Crippen LogP contribution in [0.25, 0.3) is 0 Å². The van der Waals surface area contributed by atoms with E-state index in [1.54, 1.807) is 31.1 Å². The predicted octanol–water partition coefficient (Wildman–Crippen LogP) is 2.63. The molecule has 1 aromatic carbocycles. The predicted molar refractivity (Wildman–Crippen MR) is 80.2 cm³/mol. The molecule has 1 unspecified atom stereocenters. The standard InChI is InChI=1S/C14H21BrN2O2/c1-5-17(9-14(19)16(3)4)10(2)12-8-11(15)6-7-13(12)18/h6-8,10,18H,5,9H2,1-4H3. The van der Waals surface area contributed by atoms with Gasteiger partial charge in [-0.1, -0.05) is 22.9 Å². The smallest absolute Gasteiger partial charge is 0.236 e. The number of halogens is 1. The first-order valence-corrected chi connectivity index (χ1v) is 7.08. The van der Waals surface area contributed by atoms with Gasteiger partial charge in [0.05, 0.1) is 6.54 Å². The van der Waals surface area contributed by atoms with Crippen LogP contribution in [0.3, 0.4) is 0 Å². The van der Waals surface area contributed by atoms with Crippen molar-refractivity contribution in [3.63, 3.8) is 0 Å². The van der Waals surface area contributed by atoms with Crippen LogP contribution in [-0.4, -0.2) is 48.0 Å². The van der Waals surface area contributed by atoms with Gasteiger partial charge in [0.25, 0.3) is 0 Å². The molecule has 19 heavy (non-hydrogen) atoms. The van der Waals surface area contributed by atoms with Gasteiger partial charge in [0.15, 0.2) is 0 Å². The van der Waals surface area contributed by atoms with Crippen molar-refractivity contribution >= 4 is 21.8 Å². The van der Waals surface area contributed by atoms with E-state index in [4.69, 9.17) is 0 Å². The normalized spacial score (nSPS) is 12.5. The Bertz CT molecular complexity index is 449. The Hall–Kier alpha value is -1.07. The minimum absolute atomic E-state index is 0.0219. The summed E-state index contributed by atoms with van der Waals surface area (Å²) in [5.74, 6) is 0.314. The molecule has 5 heteroatoms. The second-order valence-electron chi connectivity index (χ2n) is 4.73. The van der Waals surface area contributed by atoms with Crippen LogP contribution in [0.2, 0.25) is 0 Å². The fraction of sp³-hybridized carbons (Fsp3) is 0.500. The van der Waals surface area contributed by atoms with Crippen molar-refractivity contribution in [2.45, 2.75) is 19.9 Å². The minimum Gasteiger partial charge on any atom is -0.508 e. The van der Waals surface area contributed by atoms with Crippen molar-refractivity contribution in [1.29, 1.82) is 0 Å². The highest BCUT2D eigenvalue weighted by Crippen LogP contribution is 2.30. The van der Waals surface area contributed by atoms with Crippen molar-refractivity contribution in [3.05, 3.63) is 28.2 Å². The molecule has 106 valence electrons. The number of benzene rings is 1. The first-order valence-electron chi connectivity index (χ1n) is 6.29. The van der Waals surface area contributed by atoms with Crippen LogP contribution in [0.1, 0.15) is 25.5 Å². The van der Waals surface area contributed by atoms with Crippen molar-refractivity contribution in [2.24, 2.45) is 0 Å². The quantitative estimate of drug-likeness (QED) is 0.903. The molecular formula is C14H21BrN2O2. The van der Waals surface area contributed by atoms with Gasteiger partial charge >= 0.3 is 0 Å². The fourth-order valence-corrected chi connectivity index (χ4v) is 2.27. The van der Waals surface area contributed by atoms with E-state index in [0.29, 0.717) is 6.54 Å². The van der Waals surface area contributed by atoms with Gasteiger partial charge in [0.2, 0.25) is 5.91 Å². The van der Waals surface area contributed by atoms with Crippen LogP contribution in [0, 0.1) is 0 Å². The molecule has 0 fully saturated rings. The number of likely N-dealkylation sites (N-methyl/N-ethyl adjacent to an activating group) is 2. The summed E-state index contributed by atoms with van der Waals surface area (Å²) in [6.45, 7) is 5.09. The molecule has 0 aliphatic rings. The van der Waals surface area contributed by atoms with Crippen molar-refractivity contribution in [1.82, 2.24) is 9.80 Å². The van der Waals surface area contributed by atoms with Crippen LogP contribution < -0.4 is 0 Å². The van der Waals surface area contributed by atoms with E-state index >= 15 is 0 Å². The zero-order valence-corrected chi connectivity index (χ0v) is 13.4. The first kappa shape index (κ1) is 16.0. The lowest BCUT2D eigenvalue weighted by molar-refractivity contribution is -0.130. The van der Waals surface area contributed by atoms with Gasteiger partial charge in [-0.2, -0.15) is 0 Å². The van der Waals surface area contributed by atoms with Crippen LogP contribution in [0.4, 0.5) is 0 Å². The molecule has 4 nitrogen and oxygen atoms in total. The lowest BCUT2D eigenvalue weighted by atomic mass is 10.1. The summed E-state index contributed by atoms with van der Waals surface area (Å²) >= 11 is 3.40. The second kappa shape index (κ2) is 6.91. The molecule has 0 heterocycles. The molecule has 0 spiro atoms. The lowest BCUT2D eigenvalue weighted by Gasteiger charge is -2.29. The van der Waals surface area contributed by atoms with E-state index in [0.717, 1.165) is 16.6 Å². The Morgan fingerprint density at radius 3 is 2.58 bits per heavy atom. The number of hydrogen-bond donors (Lipinski definition) is 1. The zero-order valence-electron chi connectivity index (χ0n) is 11.9. The van der Waals surface area contributed by atoms with Crippen LogP contribution in [0.5, 0.6) is 5.75 Å². The van der Waals surface area contributed by atoms with Gasteiger partial charge in [0, 0.05) is 30.2 Å². The van der Waals surface area contributed by atoms with E-state index in [9.17, 15) is 9.90 Å². The molecule has 1 atom stereocenters. The van der Waals surface area contributed by atoms with Gasteiger partial charge in [-0.25, -0.2) is 0 Å². The Kier molecular flexibility index (Phi) is 5.82. The van der Waals surface area contributed by atoms with Gasteiger partial charge in [-0.15, -0.1) is 0 Å². The molecule has 1 rings (SSSR count). The van der Waals surface area contributed by atoms with Crippen molar-refractivity contribution in [2.75, 3.05) is 27.2 Å². The summed E-state index contributed by atoms with van der Waals surface area (Å²) < 4.78 is 0.919. The van der Waals surface area contributed by atoms with E-state index in [1.165, 1.54) is 0 Å². The molecule has 0 aliphatic carbocycles. The van der Waals surface area contributed by atoms with Crippen LogP contribution in [0.15, 0.2) is 22.7 Å². The number of rotatable bonds is 5. The van der Waals surface area contributed by atoms with Crippen LogP contribution in [-0.2, 0) is 4.79 Å². The first-order chi connectivity index (χ1) is 8.86. The Labute approximate surface area is 123 Å². The minimum atomic E-state index is -0.0219. The SMILES string of the molecule is CCN(CC(=O)N(C)C)C(C)c1cc(Br)ccc1O. The van der Waals surface area contributed by atoms with Crippen molar-refractivity contribution in [3.8, 4) is 5.75 Å². The monoisotopic (exact) mass is 328 g/mol. The lowest BCUT2D eigenvalue weighted by Crippen LogP contribution is -2.38. The van der Waals surface area contributed by atoms with E-state index < -0.39 is 0 Å².